The lowest BCUT2D eigenvalue weighted by Crippen LogP contribution is -2.42. The molecule has 5 N–H and O–H groups in total. The predicted molar refractivity (Wildman–Crippen MR) is 127 cm³/mol. The number of aliphatic hydroxyl groups is 1. The highest BCUT2D eigenvalue weighted by Gasteiger charge is 2.40. The standard InChI is InChI=1S/C25H25F5N4O4/c1-14(16-5-7-17(8-6-16)23(37)38)33-22(36)19(20(31)24(26,27)13-35)21-32-9-10-34(21)12-15-3-2-4-18(11-15)25(28,29)30/h2-8,11,14,35H,9-10,12-13,31H2,1H3,(H,33,36)(H,37,38). The fraction of sp³-hybridized carbons (Fsp3) is 0.320. The number of alkyl halides is 5. The van der Waals surface area contributed by atoms with Crippen LogP contribution in [0.4, 0.5) is 22.0 Å². The van der Waals surface area contributed by atoms with Crippen molar-refractivity contribution in [1.29, 1.82) is 0 Å². The third kappa shape index (κ3) is 6.46. The van der Waals surface area contributed by atoms with Gasteiger partial charge in [-0.25, -0.2) is 4.79 Å². The third-order valence-corrected chi connectivity index (χ3v) is 5.88. The van der Waals surface area contributed by atoms with Crippen molar-refractivity contribution in [2.45, 2.75) is 31.6 Å². The van der Waals surface area contributed by atoms with E-state index in [1.807, 2.05) is 0 Å². The lowest BCUT2D eigenvalue weighted by atomic mass is 10.0. The van der Waals surface area contributed by atoms with Crippen LogP contribution in [0.15, 0.2) is 64.8 Å². The maximum Gasteiger partial charge on any atom is 0.416 e. The summed E-state index contributed by atoms with van der Waals surface area (Å²) in [6.45, 7) is -0.156. The molecule has 13 heteroatoms. The van der Waals surface area contributed by atoms with Gasteiger partial charge in [-0.15, -0.1) is 0 Å². The first-order valence-electron chi connectivity index (χ1n) is 11.3. The topological polar surface area (TPSA) is 128 Å². The number of carboxylic acids is 1. The summed E-state index contributed by atoms with van der Waals surface area (Å²) in [6.07, 6.45) is -4.59. The Hall–Kier alpha value is -4.00. The molecule has 1 atom stereocenters. The van der Waals surface area contributed by atoms with E-state index in [0.29, 0.717) is 5.56 Å². The van der Waals surface area contributed by atoms with Gasteiger partial charge in [-0.05, 0) is 42.3 Å². The minimum Gasteiger partial charge on any atom is -0.478 e. The maximum atomic E-state index is 14.5. The summed E-state index contributed by atoms with van der Waals surface area (Å²) in [5.74, 6) is -6.46. The average Bonchev–Trinajstić information content (AvgIpc) is 3.31. The first-order chi connectivity index (χ1) is 17.7. The van der Waals surface area contributed by atoms with Crippen molar-refractivity contribution in [2.75, 3.05) is 19.7 Å². The van der Waals surface area contributed by atoms with E-state index in [4.69, 9.17) is 10.8 Å². The third-order valence-electron chi connectivity index (χ3n) is 5.88. The molecule has 1 amide bonds. The molecule has 0 aromatic heterocycles. The number of nitrogens with one attached hydrogen (secondary N) is 1. The Morgan fingerprint density at radius 2 is 1.79 bits per heavy atom. The number of carbonyl (C=O) groups is 2. The molecule has 1 heterocycles. The quantitative estimate of drug-likeness (QED) is 0.285. The molecular weight excluding hydrogens is 515 g/mol. The van der Waals surface area contributed by atoms with Crippen molar-refractivity contribution < 1.29 is 41.8 Å². The van der Waals surface area contributed by atoms with Crippen molar-refractivity contribution in [3.05, 3.63) is 82.1 Å². The maximum absolute atomic E-state index is 14.5. The van der Waals surface area contributed by atoms with Crippen LogP contribution in [0, 0.1) is 0 Å². The number of aliphatic imine (C=N–C) groups is 1. The molecule has 0 fully saturated rings. The number of hydrogen-bond donors (Lipinski definition) is 4. The Balaban J connectivity index is 1.93. The zero-order chi connectivity index (χ0) is 28.3. The number of hydrogen-bond acceptors (Lipinski definition) is 6. The molecule has 3 rings (SSSR count). The van der Waals surface area contributed by atoms with Crippen LogP contribution in [-0.4, -0.2) is 58.4 Å². The van der Waals surface area contributed by atoms with Gasteiger partial charge in [-0.1, -0.05) is 24.3 Å². The zero-order valence-electron chi connectivity index (χ0n) is 20.1. The molecule has 1 aliphatic heterocycles. The highest BCUT2D eigenvalue weighted by molar-refractivity contribution is 6.21. The van der Waals surface area contributed by atoms with Crippen LogP contribution >= 0.6 is 0 Å². The van der Waals surface area contributed by atoms with Gasteiger partial charge in [0.25, 0.3) is 5.91 Å². The predicted octanol–water partition coefficient (Wildman–Crippen LogP) is 3.34. The molecule has 8 nitrogen and oxygen atoms in total. The molecule has 0 radical (unpaired) electrons. The van der Waals surface area contributed by atoms with Crippen LogP contribution in [0.2, 0.25) is 0 Å². The first kappa shape index (κ1) is 28.6. The Morgan fingerprint density at radius 1 is 1.13 bits per heavy atom. The fourth-order valence-corrected chi connectivity index (χ4v) is 3.82. The Bertz CT molecular complexity index is 1260. The molecule has 0 saturated heterocycles. The molecule has 0 saturated carbocycles. The number of aromatic carboxylic acids is 1. The van der Waals surface area contributed by atoms with Gasteiger partial charge in [0.2, 0.25) is 0 Å². The SMILES string of the molecule is CC(NC(=O)C(C1=NCCN1Cc1cccc(C(F)(F)F)c1)=C(N)C(F)(F)CO)c1ccc(C(=O)O)cc1. The van der Waals surface area contributed by atoms with Crippen LogP contribution in [0.25, 0.3) is 0 Å². The number of amidine groups is 1. The number of carboxylic acid groups (broad SMARTS) is 1. The van der Waals surface area contributed by atoms with Crippen LogP contribution in [0.1, 0.15) is 40.0 Å². The Labute approximate surface area is 214 Å². The van der Waals surface area contributed by atoms with Gasteiger partial charge in [0.15, 0.2) is 0 Å². The normalized spacial score (nSPS) is 15.6. The van der Waals surface area contributed by atoms with Crippen molar-refractivity contribution in [3.8, 4) is 0 Å². The van der Waals surface area contributed by atoms with Crippen molar-refractivity contribution >= 4 is 17.7 Å². The van der Waals surface area contributed by atoms with E-state index in [0.717, 1.165) is 12.1 Å². The molecule has 1 aliphatic rings. The van der Waals surface area contributed by atoms with Gasteiger partial charge in [-0.3, -0.25) is 9.79 Å². The summed E-state index contributed by atoms with van der Waals surface area (Å²) >= 11 is 0. The number of nitrogens with zero attached hydrogens (tertiary/aromatic N) is 2. The number of rotatable bonds is 9. The number of carbonyl (C=O) groups excluding carboxylic acids is 1. The van der Waals surface area contributed by atoms with Crippen molar-refractivity contribution in [3.63, 3.8) is 0 Å². The number of nitrogens with two attached hydrogens (primary N) is 1. The minimum atomic E-state index is -4.59. The zero-order valence-corrected chi connectivity index (χ0v) is 20.1. The summed E-state index contributed by atoms with van der Waals surface area (Å²) in [5.41, 5.74) is 3.49. The molecular formula is C25H25F5N4O4. The average molecular weight is 540 g/mol. The second kappa shape index (κ2) is 11.2. The van der Waals surface area contributed by atoms with E-state index in [9.17, 15) is 36.6 Å². The first-order valence-corrected chi connectivity index (χ1v) is 11.3. The highest BCUT2D eigenvalue weighted by atomic mass is 19.4. The highest BCUT2D eigenvalue weighted by Crippen LogP contribution is 2.31. The largest absolute Gasteiger partial charge is 0.478 e. The molecule has 204 valence electrons. The molecule has 38 heavy (non-hydrogen) atoms. The van der Waals surface area contributed by atoms with Gasteiger partial charge in [0.1, 0.15) is 18.0 Å². The number of benzene rings is 2. The monoisotopic (exact) mass is 540 g/mol. The molecule has 2 aromatic rings. The Kier molecular flexibility index (Phi) is 8.40. The van der Waals surface area contributed by atoms with E-state index in [-0.39, 0.29) is 36.6 Å². The number of aliphatic hydroxyl groups excluding tert-OH is 1. The van der Waals surface area contributed by atoms with Gasteiger partial charge in [0, 0.05) is 13.1 Å². The second-order valence-electron chi connectivity index (χ2n) is 8.60. The molecule has 0 bridgehead atoms. The second-order valence-corrected chi connectivity index (χ2v) is 8.60. The molecule has 0 aliphatic carbocycles. The van der Waals surface area contributed by atoms with Crippen molar-refractivity contribution in [1.82, 2.24) is 10.2 Å². The summed E-state index contributed by atoms with van der Waals surface area (Å²) in [4.78, 5) is 29.8. The van der Waals surface area contributed by atoms with Crippen molar-refractivity contribution in [2.24, 2.45) is 10.7 Å². The summed E-state index contributed by atoms with van der Waals surface area (Å²) in [7, 11) is 0. The van der Waals surface area contributed by atoms with Gasteiger partial charge < -0.3 is 26.2 Å². The van der Waals surface area contributed by atoms with E-state index < -0.39 is 53.5 Å². The van der Waals surface area contributed by atoms with Gasteiger partial charge in [-0.2, -0.15) is 22.0 Å². The smallest absolute Gasteiger partial charge is 0.416 e. The Morgan fingerprint density at radius 3 is 2.37 bits per heavy atom. The van der Waals surface area contributed by atoms with Crippen LogP contribution in [-0.2, 0) is 17.5 Å². The molecule has 2 aromatic carbocycles. The number of amides is 1. The van der Waals surface area contributed by atoms with Crippen LogP contribution in [0.5, 0.6) is 0 Å². The molecule has 1 unspecified atom stereocenters. The summed E-state index contributed by atoms with van der Waals surface area (Å²) in [5, 5.41) is 20.7. The van der Waals surface area contributed by atoms with E-state index in [2.05, 4.69) is 10.3 Å². The minimum absolute atomic E-state index is 0.00485. The lowest BCUT2D eigenvalue weighted by Gasteiger charge is -2.26. The van der Waals surface area contributed by atoms with E-state index >= 15 is 0 Å². The van der Waals surface area contributed by atoms with Gasteiger partial charge >= 0.3 is 18.1 Å². The van der Waals surface area contributed by atoms with E-state index in [1.54, 1.807) is 0 Å². The molecule has 0 spiro atoms. The van der Waals surface area contributed by atoms with Crippen LogP contribution < -0.4 is 11.1 Å². The van der Waals surface area contributed by atoms with Gasteiger partial charge in [0.05, 0.1) is 29.4 Å². The fourth-order valence-electron chi connectivity index (χ4n) is 3.82. The lowest BCUT2D eigenvalue weighted by molar-refractivity contribution is -0.137. The van der Waals surface area contributed by atoms with Crippen LogP contribution in [0.3, 0.4) is 0 Å². The summed E-state index contributed by atoms with van der Waals surface area (Å²) in [6, 6.07) is 9.15. The van der Waals surface area contributed by atoms with E-state index in [1.165, 1.54) is 48.2 Å². The number of halogens is 5. The summed E-state index contributed by atoms with van der Waals surface area (Å²) < 4.78 is 68.3.